The lowest BCUT2D eigenvalue weighted by Crippen LogP contribution is -2.09. The third kappa shape index (κ3) is 4.13. The van der Waals surface area contributed by atoms with Crippen LogP contribution in [0, 0.1) is 0 Å². The second-order valence-corrected chi connectivity index (χ2v) is 2.75. The van der Waals surface area contributed by atoms with Crippen molar-refractivity contribution in [2.24, 2.45) is 5.73 Å². The summed E-state index contributed by atoms with van der Waals surface area (Å²) in [5.41, 5.74) is 7.52. The van der Waals surface area contributed by atoms with Crippen molar-refractivity contribution in [3.8, 4) is 0 Å². The number of hydrogen-bond donors (Lipinski definition) is 1. The maximum Gasteiger partial charge on any atom is 0.217 e. The van der Waals surface area contributed by atoms with Gasteiger partial charge in [-0.05, 0) is 27.2 Å². The van der Waals surface area contributed by atoms with Crippen molar-refractivity contribution in [3.63, 3.8) is 0 Å². The molecule has 0 saturated heterocycles. The van der Waals surface area contributed by atoms with Crippen LogP contribution in [0.5, 0.6) is 0 Å². The number of rotatable bonds is 3. The van der Waals surface area contributed by atoms with Crippen LogP contribution in [0.4, 0.5) is 0 Å². The maximum absolute atomic E-state index is 10.3. The van der Waals surface area contributed by atoms with Crippen LogP contribution in [0.15, 0.2) is 11.1 Å². The average Bonchev–Trinajstić information content (AvgIpc) is 1.82. The standard InChI is InChI=1S/C8H15NO/c1-6(2)7(3)4-5-8(9)10/h4-5H2,1-3H3,(H2,9,10). The van der Waals surface area contributed by atoms with Gasteiger partial charge in [-0.15, -0.1) is 0 Å². The number of hydrogen-bond acceptors (Lipinski definition) is 1. The highest BCUT2D eigenvalue weighted by Gasteiger charge is 1.96. The molecule has 0 aromatic rings. The van der Waals surface area contributed by atoms with Crippen LogP contribution in [0.2, 0.25) is 0 Å². The van der Waals surface area contributed by atoms with E-state index in [-0.39, 0.29) is 5.91 Å². The average molecular weight is 141 g/mol. The van der Waals surface area contributed by atoms with Gasteiger partial charge in [0.15, 0.2) is 0 Å². The first-order valence-corrected chi connectivity index (χ1v) is 3.45. The second-order valence-electron chi connectivity index (χ2n) is 2.75. The third-order valence-corrected chi connectivity index (χ3v) is 1.60. The monoisotopic (exact) mass is 141 g/mol. The van der Waals surface area contributed by atoms with Crippen LogP contribution in [0.25, 0.3) is 0 Å². The molecule has 0 unspecified atom stereocenters. The minimum Gasteiger partial charge on any atom is -0.370 e. The van der Waals surface area contributed by atoms with E-state index in [0.29, 0.717) is 6.42 Å². The predicted octanol–water partition coefficient (Wildman–Crippen LogP) is 1.61. The molecule has 2 nitrogen and oxygen atoms in total. The van der Waals surface area contributed by atoms with Gasteiger partial charge in [0, 0.05) is 6.42 Å². The zero-order chi connectivity index (χ0) is 8.15. The molecule has 0 aliphatic rings. The van der Waals surface area contributed by atoms with Crippen molar-refractivity contribution in [1.82, 2.24) is 0 Å². The molecule has 1 amide bonds. The van der Waals surface area contributed by atoms with Gasteiger partial charge in [-0.2, -0.15) is 0 Å². The molecular formula is C8H15NO. The molecule has 0 saturated carbocycles. The van der Waals surface area contributed by atoms with Gasteiger partial charge in [0.05, 0.1) is 0 Å². The van der Waals surface area contributed by atoms with E-state index in [1.165, 1.54) is 11.1 Å². The molecule has 10 heavy (non-hydrogen) atoms. The van der Waals surface area contributed by atoms with Crippen LogP contribution >= 0.6 is 0 Å². The van der Waals surface area contributed by atoms with Crippen LogP contribution in [0.3, 0.4) is 0 Å². The van der Waals surface area contributed by atoms with Crippen LogP contribution in [-0.4, -0.2) is 5.91 Å². The molecule has 0 aliphatic heterocycles. The molecule has 0 atom stereocenters. The first kappa shape index (κ1) is 9.21. The Labute approximate surface area is 62.1 Å². The molecular weight excluding hydrogens is 126 g/mol. The van der Waals surface area contributed by atoms with E-state index < -0.39 is 0 Å². The molecule has 0 rings (SSSR count). The minimum atomic E-state index is -0.222. The molecule has 0 aromatic heterocycles. The summed E-state index contributed by atoms with van der Waals surface area (Å²) in [4.78, 5) is 10.3. The van der Waals surface area contributed by atoms with Gasteiger partial charge in [-0.3, -0.25) is 4.79 Å². The SMILES string of the molecule is CC(C)=C(C)CCC(N)=O. The van der Waals surface area contributed by atoms with E-state index in [4.69, 9.17) is 5.73 Å². The summed E-state index contributed by atoms with van der Waals surface area (Å²) < 4.78 is 0. The lowest BCUT2D eigenvalue weighted by molar-refractivity contribution is -0.117. The molecule has 0 bridgehead atoms. The van der Waals surface area contributed by atoms with Gasteiger partial charge < -0.3 is 5.73 Å². The third-order valence-electron chi connectivity index (χ3n) is 1.60. The van der Waals surface area contributed by atoms with Gasteiger partial charge in [0.1, 0.15) is 0 Å². The summed E-state index contributed by atoms with van der Waals surface area (Å²) in [6.07, 6.45) is 1.27. The van der Waals surface area contributed by atoms with E-state index in [1.807, 2.05) is 20.8 Å². The highest BCUT2D eigenvalue weighted by atomic mass is 16.1. The van der Waals surface area contributed by atoms with E-state index >= 15 is 0 Å². The Balaban J connectivity index is 3.71. The van der Waals surface area contributed by atoms with Crippen molar-refractivity contribution >= 4 is 5.91 Å². The number of carbonyl (C=O) groups is 1. The van der Waals surface area contributed by atoms with Crippen molar-refractivity contribution in [2.75, 3.05) is 0 Å². The van der Waals surface area contributed by atoms with E-state index in [2.05, 4.69) is 0 Å². The van der Waals surface area contributed by atoms with Crippen LogP contribution in [-0.2, 0) is 4.79 Å². The van der Waals surface area contributed by atoms with Gasteiger partial charge >= 0.3 is 0 Å². The Morgan fingerprint density at radius 2 is 1.70 bits per heavy atom. The Morgan fingerprint density at radius 1 is 1.20 bits per heavy atom. The quantitative estimate of drug-likeness (QED) is 0.596. The van der Waals surface area contributed by atoms with Gasteiger partial charge in [-0.1, -0.05) is 11.1 Å². The molecule has 2 N–H and O–H groups in total. The zero-order valence-electron chi connectivity index (χ0n) is 6.90. The predicted molar refractivity (Wildman–Crippen MR) is 42.5 cm³/mol. The van der Waals surface area contributed by atoms with Crippen molar-refractivity contribution in [3.05, 3.63) is 11.1 Å². The zero-order valence-corrected chi connectivity index (χ0v) is 6.90. The highest BCUT2D eigenvalue weighted by molar-refractivity contribution is 5.73. The van der Waals surface area contributed by atoms with Crippen LogP contribution < -0.4 is 5.73 Å². The molecule has 0 radical (unpaired) electrons. The molecule has 2 heteroatoms. The summed E-state index contributed by atoms with van der Waals surface area (Å²) in [5.74, 6) is -0.222. The summed E-state index contributed by atoms with van der Waals surface area (Å²) in [5, 5.41) is 0. The number of carbonyl (C=O) groups excluding carboxylic acids is 1. The topological polar surface area (TPSA) is 43.1 Å². The van der Waals surface area contributed by atoms with Gasteiger partial charge in [0.2, 0.25) is 5.91 Å². The fourth-order valence-electron chi connectivity index (χ4n) is 0.561. The Bertz CT molecular complexity index is 155. The van der Waals surface area contributed by atoms with Crippen molar-refractivity contribution in [1.29, 1.82) is 0 Å². The molecule has 0 aliphatic carbocycles. The minimum absolute atomic E-state index is 0.222. The number of amides is 1. The Hall–Kier alpha value is -0.790. The summed E-state index contributed by atoms with van der Waals surface area (Å²) in [6.45, 7) is 6.10. The van der Waals surface area contributed by atoms with E-state index in [0.717, 1.165) is 6.42 Å². The van der Waals surface area contributed by atoms with Crippen molar-refractivity contribution in [2.45, 2.75) is 33.6 Å². The summed E-state index contributed by atoms with van der Waals surface area (Å²) in [7, 11) is 0. The fourth-order valence-corrected chi connectivity index (χ4v) is 0.561. The van der Waals surface area contributed by atoms with Gasteiger partial charge in [-0.25, -0.2) is 0 Å². The summed E-state index contributed by atoms with van der Waals surface area (Å²) >= 11 is 0. The number of nitrogens with two attached hydrogens (primary N) is 1. The lowest BCUT2D eigenvalue weighted by atomic mass is 10.1. The molecule has 0 fully saturated rings. The maximum atomic E-state index is 10.3. The highest BCUT2D eigenvalue weighted by Crippen LogP contribution is 2.08. The smallest absolute Gasteiger partial charge is 0.217 e. The summed E-state index contributed by atoms with van der Waals surface area (Å²) in [6, 6.07) is 0. The Kier molecular flexibility index (Phi) is 3.77. The van der Waals surface area contributed by atoms with E-state index in [9.17, 15) is 4.79 Å². The normalized spacial score (nSPS) is 9.10. The second kappa shape index (κ2) is 4.09. The first-order chi connectivity index (χ1) is 4.54. The van der Waals surface area contributed by atoms with E-state index in [1.54, 1.807) is 0 Å². The number of allylic oxidation sites excluding steroid dienone is 2. The molecule has 0 heterocycles. The van der Waals surface area contributed by atoms with Gasteiger partial charge in [0.25, 0.3) is 0 Å². The first-order valence-electron chi connectivity index (χ1n) is 3.45. The van der Waals surface area contributed by atoms with Crippen molar-refractivity contribution < 1.29 is 4.79 Å². The largest absolute Gasteiger partial charge is 0.370 e. The molecule has 0 aromatic carbocycles. The molecule has 58 valence electrons. The molecule has 0 spiro atoms. The fraction of sp³-hybridized carbons (Fsp3) is 0.625. The van der Waals surface area contributed by atoms with Crippen LogP contribution in [0.1, 0.15) is 33.6 Å². The lowest BCUT2D eigenvalue weighted by Gasteiger charge is -1.99. The Morgan fingerprint density at radius 3 is 2.00 bits per heavy atom. The number of primary amides is 1.